The van der Waals surface area contributed by atoms with Crippen molar-refractivity contribution in [3.8, 4) is 0 Å². The molecule has 3 rings (SSSR count). The normalized spacial score (nSPS) is 12.8. The van der Waals surface area contributed by atoms with Gasteiger partial charge in [-0.25, -0.2) is 4.98 Å². The van der Waals surface area contributed by atoms with Gasteiger partial charge in [-0.2, -0.15) is 0 Å². The minimum Gasteiger partial charge on any atom is -0.388 e. The zero-order valence-electron chi connectivity index (χ0n) is 10.9. The number of thiazole rings is 1. The zero-order valence-corrected chi connectivity index (χ0v) is 12.4. The van der Waals surface area contributed by atoms with Crippen LogP contribution in [0.15, 0.2) is 35.8 Å². The molecule has 0 fully saturated rings. The number of halogens is 1. The summed E-state index contributed by atoms with van der Waals surface area (Å²) >= 11 is 7.73. The average molecular weight is 305 g/mol. The largest absolute Gasteiger partial charge is 0.388 e. The van der Waals surface area contributed by atoms with Gasteiger partial charge in [0.25, 0.3) is 0 Å². The highest BCUT2D eigenvalue weighted by Crippen LogP contribution is 2.30. The smallest absolute Gasteiger partial charge is 0.0957 e. The fourth-order valence-electron chi connectivity index (χ4n) is 2.20. The quantitative estimate of drug-likeness (QED) is 0.797. The van der Waals surface area contributed by atoms with E-state index in [4.69, 9.17) is 11.6 Å². The molecule has 0 saturated heterocycles. The third-order valence-electron chi connectivity index (χ3n) is 3.14. The lowest BCUT2D eigenvalue weighted by molar-refractivity contribution is 0.179. The predicted molar refractivity (Wildman–Crippen MR) is 82.3 cm³/mol. The molecule has 102 valence electrons. The van der Waals surface area contributed by atoms with Crippen molar-refractivity contribution in [1.29, 1.82) is 0 Å². The van der Waals surface area contributed by atoms with Gasteiger partial charge in [0.15, 0.2) is 0 Å². The predicted octanol–water partition coefficient (Wildman–Crippen LogP) is 3.93. The van der Waals surface area contributed by atoms with Crippen LogP contribution in [0.4, 0.5) is 0 Å². The minimum absolute atomic E-state index is 0.492. The summed E-state index contributed by atoms with van der Waals surface area (Å²) in [5.41, 5.74) is 2.52. The highest BCUT2D eigenvalue weighted by atomic mass is 35.5. The first kappa shape index (κ1) is 13.5. The van der Waals surface area contributed by atoms with E-state index in [0.29, 0.717) is 11.4 Å². The Morgan fingerprint density at radius 3 is 2.95 bits per heavy atom. The summed E-state index contributed by atoms with van der Waals surface area (Å²) in [6, 6.07) is 7.39. The summed E-state index contributed by atoms with van der Waals surface area (Å²) < 4.78 is 0. The van der Waals surface area contributed by atoms with Crippen molar-refractivity contribution >= 4 is 33.8 Å². The van der Waals surface area contributed by atoms with Crippen LogP contribution in [0.3, 0.4) is 0 Å². The van der Waals surface area contributed by atoms with Gasteiger partial charge in [-0.3, -0.25) is 4.98 Å². The second-order valence-electron chi connectivity index (χ2n) is 4.64. The first-order chi connectivity index (χ1) is 9.65. The summed E-state index contributed by atoms with van der Waals surface area (Å²) in [7, 11) is 0. The van der Waals surface area contributed by atoms with Gasteiger partial charge < -0.3 is 5.11 Å². The van der Waals surface area contributed by atoms with Gasteiger partial charge in [-0.05, 0) is 25.1 Å². The molecular formula is C15H13ClN2OS. The van der Waals surface area contributed by atoms with Crippen molar-refractivity contribution < 1.29 is 5.11 Å². The van der Waals surface area contributed by atoms with Crippen LogP contribution < -0.4 is 0 Å². The van der Waals surface area contributed by atoms with Gasteiger partial charge >= 0.3 is 0 Å². The molecule has 0 radical (unpaired) electrons. The molecule has 5 heteroatoms. The Hall–Kier alpha value is -1.49. The highest BCUT2D eigenvalue weighted by Gasteiger charge is 2.15. The van der Waals surface area contributed by atoms with Gasteiger partial charge in [0.1, 0.15) is 0 Å². The number of rotatable bonds is 3. The van der Waals surface area contributed by atoms with Gasteiger partial charge in [-0.1, -0.05) is 17.7 Å². The molecule has 2 aromatic heterocycles. The van der Waals surface area contributed by atoms with Crippen LogP contribution in [0.1, 0.15) is 22.4 Å². The molecule has 0 saturated carbocycles. The maximum Gasteiger partial charge on any atom is 0.0957 e. The molecule has 0 amide bonds. The molecule has 1 aromatic carbocycles. The lowest BCUT2D eigenvalue weighted by Crippen LogP contribution is -2.03. The third-order valence-corrected chi connectivity index (χ3v) is 4.46. The van der Waals surface area contributed by atoms with Crippen LogP contribution in [0.5, 0.6) is 0 Å². The van der Waals surface area contributed by atoms with Crippen LogP contribution in [0, 0.1) is 6.92 Å². The van der Waals surface area contributed by atoms with E-state index < -0.39 is 6.10 Å². The molecule has 20 heavy (non-hydrogen) atoms. The number of pyridine rings is 1. The number of hydrogen-bond donors (Lipinski definition) is 1. The molecule has 1 unspecified atom stereocenters. The van der Waals surface area contributed by atoms with Crippen molar-refractivity contribution in [2.75, 3.05) is 0 Å². The molecule has 0 bridgehead atoms. The molecule has 0 aliphatic heterocycles. The Bertz CT molecular complexity index is 756. The zero-order chi connectivity index (χ0) is 14.1. The van der Waals surface area contributed by atoms with Crippen LogP contribution in [0.25, 0.3) is 10.9 Å². The maximum absolute atomic E-state index is 10.5. The van der Waals surface area contributed by atoms with Crippen LogP contribution >= 0.6 is 22.9 Å². The van der Waals surface area contributed by atoms with Crippen molar-refractivity contribution in [3.63, 3.8) is 0 Å². The minimum atomic E-state index is -0.629. The van der Waals surface area contributed by atoms with E-state index in [0.717, 1.165) is 27.2 Å². The molecule has 0 spiro atoms. The van der Waals surface area contributed by atoms with E-state index >= 15 is 0 Å². The number of benzene rings is 1. The maximum atomic E-state index is 10.5. The molecule has 1 atom stereocenters. The van der Waals surface area contributed by atoms with E-state index in [2.05, 4.69) is 9.97 Å². The van der Waals surface area contributed by atoms with Gasteiger partial charge in [0, 0.05) is 39.7 Å². The van der Waals surface area contributed by atoms with Gasteiger partial charge in [0.2, 0.25) is 0 Å². The summed E-state index contributed by atoms with van der Waals surface area (Å²) in [6.45, 7) is 1.95. The van der Waals surface area contributed by atoms with Gasteiger partial charge in [0.05, 0.1) is 16.6 Å². The Morgan fingerprint density at radius 1 is 1.35 bits per heavy atom. The molecule has 3 aromatic rings. The van der Waals surface area contributed by atoms with Crippen molar-refractivity contribution in [1.82, 2.24) is 9.97 Å². The van der Waals surface area contributed by atoms with Crippen molar-refractivity contribution in [2.45, 2.75) is 19.4 Å². The first-order valence-corrected chi connectivity index (χ1v) is 7.53. The third kappa shape index (κ3) is 2.54. The summed E-state index contributed by atoms with van der Waals surface area (Å²) in [6.07, 6.45) is 1.57. The Kier molecular flexibility index (Phi) is 3.70. The number of aryl methyl sites for hydroxylation is 1. The number of nitrogens with zero attached hydrogens (tertiary/aromatic N) is 2. The Morgan fingerprint density at radius 2 is 2.20 bits per heavy atom. The molecule has 2 heterocycles. The fraction of sp³-hybridized carbons (Fsp3) is 0.200. The van der Waals surface area contributed by atoms with Crippen molar-refractivity contribution in [2.24, 2.45) is 0 Å². The van der Waals surface area contributed by atoms with E-state index in [1.807, 2.05) is 30.5 Å². The second-order valence-corrected chi connectivity index (χ2v) is 5.99. The lowest BCUT2D eigenvalue weighted by Gasteiger charge is -2.12. The molecule has 3 nitrogen and oxygen atoms in total. The number of aliphatic hydroxyl groups is 1. The molecule has 0 aliphatic rings. The standard InChI is InChI=1S/C15H13ClN2OS/c1-9-8-20-14(18-9)7-13(19)11-4-5-12(16)10-3-2-6-17-15(10)11/h2-6,8,13,19H,7H2,1H3. The Labute approximate surface area is 125 Å². The Balaban J connectivity index is 1.99. The summed E-state index contributed by atoms with van der Waals surface area (Å²) in [5.74, 6) is 0. The monoisotopic (exact) mass is 304 g/mol. The first-order valence-electron chi connectivity index (χ1n) is 6.27. The number of aromatic nitrogens is 2. The van der Waals surface area contributed by atoms with E-state index in [9.17, 15) is 5.11 Å². The van der Waals surface area contributed by atoms with Crippen LogP contribution in [-0.2, 0) is 6.42 Å². The molecule has 1 N–H and O–H groups in total. The average Bonchev–Trinajstić information content (AvgIpc) is 2.84. The SMILES string of the molecule is Cc1csc(CC(O)c2ccc(Cl)c3cccnc23)n1. The van der Waals surface area contributed by atoms with Crippen LogP contribution in [0.2, 0.25) is 5.02 Å². The van der Waals surface area contributed by atoms with E-state index in [1.165, 1.54) is 0 Å². The molecular weight excluding hydrogens is 292 g/mol. The molecule has 0 aliphatic carbocycles. The van der Waals surface area contributed by atoms with E-state index in [-0.39, 0.29) is 0 Å². The van der Waals surface area contributed by atoms with Crippen molar-refractivity contribution in [3.05, 3.63) is 57.1 Å². The van der Waals surface area contributed by atoms with Crippen LogP contribution in [-0.4, -0.2) is 15.1 Å². The number of hydrogen-bond acceptors (Lipinski definition) is 4. The number of aliphatic hydroxyl groups excluding tert-OH is 1. The summed E-state index contributed by atoms with van der Waals surface area (Å²) in [4.78, 5) is 8.73. The number of fused-ring (bicyclic) bond motifs is 1. The highest BCUT2D eigenvalue weighted by molar-refractivity contribution is 7.09. The lowest BCUT2D eigenvalue weighted by atomic mass is 10.0. The summed E-state index contributed by atoms with van der Waals surface area (Å²) in [5, 5.41) is 14.9. The topological polar surface area (TPSA) is 46.0 Å². The van der Waals surface area contributed by atoms with Gasteiger partial charge in [-0.15, -0.1) is 11.3 Å². The van der Waals surface area contributed by atoms with E-state index in [1.54, 1.807) is 23.6 Å². The second kappa shape index (κ2) is 5.48. The fourth-order valence-corrected chi connectivity index (χ4v) is 3.23.